The van der Waals surface area contributed by atoms with Gasteiger partial charge in [-0.05, 0) is 24.6 Å². The number of aryl methyl sites for hydroxylation is 1. The van der Waals surface area contributed by atoms with E-state index in [1.807, 2.05) is 0 Å². The van der Waals surface area contributed by atoms with E-state index in [9.17, 15) is 14.7 Å². The lowest BCUT2D eigenvalue weighted by Crippen LogP contribution is -2.49. The van der Waals surface area contributed by atoms with E-state index in [1.165, 1.54) is 6.07 Å². The van der Waals surface area contributed by atoms with Gasteiger partial charge in [-0.15, -0.1) is 0 Å². The van der Waals surface area contributed by atoms with E-state index in [-0.39, 0.29) is 24.1 Å². The number of hydrogen-bond acceptors (Lipinski definition) is 4. The summed E-state index contributed by atoms with van der Waals surface area (Å²) in [6.45, 7) is 4.63. The Kier molecular flexibility index (Phi) is 4.57. The molecule has 0 aromatic heterocycles. The molecule has 20 heavy (non-hydrogen) atoms. The van der Waals surface area contributed by atoms with Crippen molar-refractivity contribution < 1.29 is 14.7 Å². The van der Waals surface area contributed by atoms with Gasteiger partial charge in [0.05, 0.1) is 6.54 Å². The van der Waals surface area contributed by atoms with Crippen molar-refractivity contribution in [2.75, 3.05) is 32.7 Å². The number of aromatic hydroxyl groups is 1. The van der Waals surface area contributed by atoms with Gasteiger partial charge in [-0.3, -0.25) is 9.59 Å². The van der Waals surface area contributed by atoms with Gasteiger partial charge in [-0.25, -0.2) is 0 Å². The topological polar surface area (TPSA) is 81.7 Å². The third kappa shape index (κ3) is 3.48. The Morgan fingerprint density at radius 2 is 2.05 bits per heavy atom. The summed E-state index contributed by atoms with van der Waals surface area (Å²) in [5, 5.41) is 15.3. The minimum atomic E-state index is -0.358. The van der Waals surface area contributed by atoms with Gasteiger partial charge in [-0.2, -0.15) is 0 Å². The summed E-state index contributed by atoms with van der Waals surface area (Å²) in [4.78, 5) is 25.5. The monoisotopic (exact) mass is 277 g/mol. The molecule has 2 rings (SSSR count). The van der Waals surface area contributed by atoms with Crippen LogP contribution in [0.25, 0.3) is 0 Å². The number of carbonyl (C=O) groups is 2. The highest BCUT2D eigenvalue weighted by Gasteiger charge is 2.17. The summed E-state index contributed by atoms with van der Waals surface area (Å²) in [7, 11) is 0. The van der Waals surface area contributed by atoms with Gasteiger partial charge >= 0.3 is 0 Å². The first-order valence-corrected chi connectivity index (χ1v) is 6.64. The van der Waals surface area contributed by atoms with Gasteiger partial charge in [0.1, 0.15) is 5.75 Å². The number of nitrogens with zero attached hydrogens (tertiary/aromatic N) is 1. The molecule has 1 aromatic rings. The van der Waals surface area contributed by atoms with Crippen LogP contribution in [-0.4, -0.2) is 54.5 Å². The molecule has 1 aliphatic heterocycles. The molecule has 108 valence electrons. The number of hydrogen-bond donors (Lipinski definition) is 3. The molecule has 0 bridgehead atoms. The fraction of sp³-hybridized carbons (Fsp3) is 0.429. The van der Waals surface area contributed by atoms with E-state index in [0.29, 0.717) is 24.2 Å². The Balaban J connectivity index is 1.88. The van der Waals surface area contributed by atoms with Crippen LogP contribution in [0, 0.1) is 6.92 Å². The van der Waals surface area contributed by atoms with E-state index in [1.54, 1.807) is 24.0 Å². The smallest absolute Gasteiger partial charge is 0.251 e. The summed E-state index contributed by atoms with van der Waals surface area (Å²) in [5.74, 6) is -0.369. The third-order valence-electron chi connectivity index (χ3n) is 3.34. The van der Waals surface area contributed by atoms with Gasteiger partial charge < -0.3 is 20.6 Å². The molecular weight excluding hydrogens is 258 g/mol. The lowest BCUT2D eigenvalue weighted by atomic mass is 10.1. The first kappa shape index (κ1) is 14.3. The Labute approximate surface area is 117 Å². The number of carbonyl (C=O) groups excluding carboxylic acids is 2. The lowest BCUT2D eigenvalue weighted by Gasteiger charge is -2.27. The highest BCUT2D eigenvalue weighted by molar-refractivity contribution is 5.96. The molecule has 2 amide bonds. The molecule has 3 N–H and O–H groups in total. The van der Waals surface area contributed by atoms with Crippen LogP contribution in [0.5, 0.6) is 5.75 Å². The zero-order valence-electron chi connectivity index (χ0n) is 11.5. The van der Waals surface area contributed by atoms with Crippen molar-refractivity contribution in [3.05, 3.63) is 29.3 Å². The van der Waals surface area contributed by atoms with Gasteiger partial charge in [-0.1, -0.05) is 6.07 Å². The fourth-order valence-corrected chi connectivity index (χ4v) is 2.03. The molecule has 0 radical (unpaired) electrons. The molecule has 6 heteroatoms. The molecule has 0 atom stereocenters. The first-order chi connectivity index (χ1) is 9.58. The summed E-state index contributed by atoms with van der Waals surface area (Å²) < 4.78 is 0. The number of nitrogens with one attached hydrogen (secondary N) is 2. The quantitative estimate of drug-likeness (QED) is 0.718. The Hall–Kier alpha value is -2.08. The number of phenolic OH excluding ortho intramolecular Hbond substituents is 1. The zero-order chi connectivity index (χ0) is 14.5. The minimum absolute atomic E-state index is 0.0204. The van der Waals surface area contributed by atoms with Crippen molar-refractivity contribution in [2.45, 2.75) is 6.92 Å². The maximum atomic E-state index is 11.9. The molecule has 1 heterocycles. The second-order valence-electron chi connectivity index (χ2n) is 4.81. The van der Waals surface area contributed by atoms with E-state index in [0.717, 1.165) is 13.1 Å². The molecule has 6 nitrogen and oxygen atoms in total. The summed E-state index contributed by atoms with van der Waals surface area (Å²) >= 11 is 0. The number of amides is 2. The van der Waals surface area contributed by atoms with Crippen molar-refractivity contribution in [1.82, 2.24) is 15.5 Å². The minimum Gasteiger partial charge on any atom is -0.508 e. The van der Waals surface area contributed by atoms with Gasteiger partial charge in [0.15, 0.2) is 0 Å². The predicted molar refractivity (Wildman–Crippen MR) is 74.6 cm³/mol. The standard InChI is InChI=1S/C14H19N3O3/c1-10-2-3-11(8-12(10)18)14(20)16-9-13(19)17-6-4-15-5-7-17/h2-3,8,15,18H,4-7,9H2,1H3,(H,16,20). The Morgan fingerprint density at radius 3 is 2.70 bits per heavy atom. The average molecular weight is 277 g/mol. The number of rotatable bonds is 3. The van der Waals surface area contributed by atoms with E-state index in [2.05, 4.69) is 10.6 Å². The van der Waals surface area contributed by atoms with Crippen molar-refractivity contribution >= 4 is 11.8 Å². The zero-order valence-corrected chi connectivity index (χ0v) is 11.5. The summed E-state index contributed by atoms with van der Waals surface area (Å²) in [5.41, 5.74) is 1.06. The molecule has 0 spiro atoms. The fourth-order valence-electron chi connectivity index (χ4n) is 2.03. The highest BCUT2D eigenvalue weighted by atomic mass is 16.3. The normalized spacial score (nSPS) is 14.9. The Bertz CT molecular complexity index is 510. The summed E-state index contributed by atoms with van der Waals surface area (Å²) in [6.07, 6.45) is 0. The first-order valence-electron chi connectivity index (χ1n) is 6.64. The van der Waals surface area contributed by atoms with Crippen molar-refractivity contribution in [2.24, 2.45) is 0 Å². The molecule has 1 saturated heterocycles. The third-order valence-corrected chi connectivity index (χ3v) is 3.34. The molecule has 1 aliphatic rings. The molecule has 0 unspecified atom stereocenters. The van der Waals surface area contributed by atoms with Crippen LogP contribution < -0.4 is 10.6 Å². The van der Waals surface area contributed by atoms with E-state index in [4.69, 9.17) is 0 Å². The maximum Gasteiger partial charge on any atom is 0.251 e. The predicted octanol–water partition coefficient (Wildman–Crippen LogP) is -0.138. The molecular formula is C14H19N3O3. The molecule has 0 aliphatic carbocycles. The average Bonchev–Trinajstić information content (AvgIpc) is 2.48. The largest absolute Gasteiger partial charge is 0.508 e. The van der Waals surface area contributed by atoms with E-state index >= 15 is 0 Å². The van der Waals surface area contributed by atoms with Gasteiger partial charge in [0.25, 0.3) is 5.91 Å². The van der Waals surface area contributed by atoms with Crippen LogP contribution in [0.4, 0.5) is 0 Å². The van der Waals surface area contributed by atoms with Crippen LogP contribution in [-0.2, 0) is 4.79 Å². The number of phenols is 1. The van der Waals surface area contributed by atoms with Crippen LogP contribution >= 0.6 is 0 Å². The Morgan fingerprint density at radius 1 is 1.35 bits per heavy atom. The van der Waals surface area contributed by atoms with Gasteiger partial charge in [0.2, 0.25) is 5.91 Å². The SMILES string of the molecule is Cc1ccc(C(=O)NCC(=O)N2CCNCC2)cc1O. The van der Waals surface area contributed by atoms with E-state index < -0.39 is 0 Å². The molecule has 0 saturated carbocycles. The van der Waals surface area contributed by atoms with Crippen molar-refractivity contribution in [3.63, 3.8) is 0 Å². The lowest BCUT2D eigenvalue weighted by molar-refractivity contribution is -0.130. The summed E-state index contributed by atoms with van der Waals surface area (Å²) in [6, 6.07) is 4.70. The second kappa shape index (κ2) is 6.38. The van der Waals surface area contributed by atoms with Crippen LogP contribution in [0.2, 0.25) is 0 Å². The number of piperazine rings is 1. The van der Waals surface area contributed by atoms with Crippen LogP contribution in [0.3, 0.4) is 0 Å². The van der Waals surface area contributed by atoms with Crippen LogP contribution in [0.1, 0.15) is 15.9 Å². The van der Waals surface area contributed by atoms with Crippen molar-refractivity contribution in [3.8, 4) is 5.75 Å². The molecule has 1 aromatic carbocycles. The second-order valence-corrected chi connectivity index (χ2v) is 4.81. The van der Waals surface area contributed by atoms with Gasteiger partial charge in [0, 0.05) is 31.7 Å². The van der Waals surface area contributed by atoms with Crippen LogP contribution in [0.15, 0.2) is 18.2 Å². The van der Waals surface area contributed by atoms with Crippen molar-refractivity contribution in [1.29, 1.82) is 0 Å². The number of benzene rings is 1. The maximum absolute atomic E-state index is 11.9. The highest BCUT2D eigenvalue weighted by Crippen LogP contribution is 2.17. The molecule has 1 fully saturated rings.